The molecule has 0 bridgehead atoms. The zero-order valence-corrected chi connectivity index (χ0v) is 8.28. The Morgan fingerprint density at radius 1 is 1.15 bits per heavy atom. The van der Waals surface area contributed by atoms with E-state index in [1.165, 1.54) is 6.42 Å². The summed E-state index contributed by atoms with van der Waals surface area (Å²) >= 11 is 0. The predicted octanol–water partition coefficient (Wildman–Crippen LogP) is 0.606. The number of aliphatic hydroxyl groups is 2. The van der Waals surface area contributed by atoms with Gasteiger partial charge in [0.1, 0.15) is 0 Å². The summed E-state index contributed by atoms with van der Waals surface area (Å²) in [5.41, 5.74) is 0. The van der Waals surface area contributed by atoms with Gasteiger partial charge in [0.2, 0.25) is 0 Å². The number of hydrogen-bond donors (Lipinski definition) is 2. The molecule has 1 fully saturated rings. The number of nitrogens with zero attached hydrogens (tertiary/aromatic N) is 1. The largest absolute Gasteiger partial charge is 0.396 e. The highest BCUT2D eigenvalue weighted by molar-refractivity contribution is 4.77. The molecule has 0 unspecified atom stereocenters. The van der Waals surface area contributed by atoms with Crippen LogP contribution in [0.3, 0.4) is 0 Å². The summed E-state index contributed by atoms with van der Waals surface area (Å²) in [6, 6.07) is 0.411. The Hall–Kier alpha value is -0.120. The summed E-state index contributed by atoms with van der Waals surface area (Å²) in [5, 5.41) is 17.7. The van der Waals surface area contributed by atoms with Crippen LogP contribution in [-0.2, 0) is 0 Å². The third kappa shape index (κ3) is 3.63. The molecular formula is C10H21NO2. The highest BCUT2D eigenvalue weighted by Gasteiger charge is 2.22. The first-order valence-corrected chi connectivity index (χ1v) is 5.34. The van der Waals surface area contributed by atoms with Crippen LogP contribution in [0.5, 0.6) is 0 Å². The van der Waals surface area contributed by atoms with Crippen LogP contribution in [-0.4, -0.2) is 47.5 Å². The number of likely N-dealkylation sites (tertiary alicyclic amines) is 1. The molecule has 0 aromatic rings. The average molecular weight is 187 g/mol. The summed E-state index contributed by atoms with van der Waals surface area (Å²) in [5.74, 6) is 0. The molecule has 1 heterocycles. The highest BCUT2D eigenvalue weighted by Crippen LogP contribution is 2.17. The van der Waals surface area contributed by atoms with E-state index in [1.54, 1.807) is 0 Å². The van der Waals surface area contributed by atoms with Crippen LogP contribution in [0.1, 0.15) is 32.1 Å². The lowest BCUT2D eigenvalue weighted by atomic mass is 10.2. The summed E-state index contributed by atoms with van der Waals surface area (Å²) in [6.07, 6.45) is 5.54. The standard InChI is InChI=1S/C10H21NO2/c12-8-3-1-2-6-11-7-4-5-10(11)9-13/h10,12-13H,1-9H2/t10-/m1/s1. The van der Waals surface area contributed by atoms with Gasteiger partial charge in [-0.2, -0.15) is 0 Å². The molecule has 0 saturated carbocycles. The van der Waals surface area contributed by atoms with Crippen LogP contribution in [0.25, 0.3) is 0 Å². The fraction of sp³-hybridized carbons (Fsp3) is 1.00. The van der Waals surface area contributed by atoms with E-state index < -0.39 is 0 Å². The molecule has 1 atom stereocenters. The Morgan fingerprint density at radius 3 is 2.69 bits per heavy atom. The van der Waals surface area contributed by atoms with Crippen LogP contribution in [0.4, 0.5) is 0 Å². The molecule has 2 N–H and O–H groups in total. The number of unbranched alkanes of at least 4 members (excludes halogenated alkanes) is 2. The Morgan fingerprint density at radius 2 is 2.00 bits per heavy atom. The van der Waals surface area contributed by atoms with Crippen molar-refractivity contribution in [2.45, 2.75) is 38.1 Å². The van der Waals surface area contributed by atoms with Crippen LogP contribution < -0.4 is 0 Å². The molecule has 1 aliphatic rings. The first-order valence-electron chi connectivity index (χ1n) is 5.34. The summed E-state index contributed by atoms with van der Waals surface area (Å²) in [4.78, 5) is 2.37. The molecule has 1 rings (SSSR count). The maximum absolute atomic E-state index is 9.06. The van der Waals surface area contributed by atoms with Gasteiger partial charge in [-0.3, -0.25) is 4.90 Å². The SMILES string of the molecule is OCCCCCN1CCC[C@@H]1CO. The average Bonchev–Trinajstić information content (AvgIpc) is 2.60. The molecule has 0 aromatic carbocycles. The van der Waals surface area contributed by atoms with Gasteiger partial charge < -0.3 is 10.2 Å². The quantitative estimate of drug-likeness (QED) is 0.599. The second-order valence-electron chi connectivity index (χ2n) is 3.80. The van der Waals surface area contributed by atoms with Crippen LogP contribution in [0.15, 0.2) is 0 Å². The normalized spacial score (nSPS) is 24.0. The Balaban J connectivity index is 2.06. The van der Waals surface area contributed by atoms with Crippen LogP contribution in [0, 0.1) is 0 Å². The van der Waals surface area contributed by atoms with Gasteiger partial charge in [-0.1, -0.05) is 0 Å². The fourth-order valence-corrected chi connectivity index (χ4v) is 2.00. The maximum atomic E-state index is 9.06. The summed E-state index contributed by atoms with van der Waals surface area (Å²) in [6.45, 7) is 2.85. The lowest BCUT2D eigenvalue weighted by Gasteiger charge is -2.22. The molecule has 1 aliphatic heterocycles. The van der Waals surface area contributed by atoms with E-state index in [1.807, 2.05) is 0 Å². The molecule has 78 valence electrons. The first-order chi connectivity index (χ1) is 6.38. The Kier molecular flexibility index (Phi) is 5.35. The summed E-state index contributed by atoms with van der Waals surface area (Å²) < 4.78 is 0. The number of hydrogen-bond acceptors (Lipinski definition) is 3. The Labute approximate surface area is 80.4 Å². The van der Waals surface area contributed by atoms with E-state index in [0.29, 0.717) is 19.3 Å². The van der Waals surface area contributed by atoms with Gasteiger partial charge in [0.25, 0.3) is 0 Å². The lowest BCUT2D eigenvalue weighted by molar-refractivity contribution is 0.156. The third-order valence-electron chi connectivity index (χ3n) is 2.81. The minimum absolute atomic E-state index is 0.306. The van der Waals surface area contributed by atoms with Gasteiger partial charge in [0, 0.05) is 12.6 Å². The monoisotopic (exact) mass is 187 g/mol. The van der Waals surface area contributed by atoms with Gasteiger partial charge >= 0.3 is 0 Å². The molecule has 3 nitrogen and oxygen atoms in total. The first kappa shape index (κ1) is 11.0. The smallest absolute Gasteiger partial charge is 0.0586 e. The third-order valence-corrected chi connectivity index (χ3v) is 2.81. The van der Waals surface area contributed by atoms with Crippen molar-refractivity contribution in [3.63, 3.8) is 0 Å². The Bertz CT molecular complexity index is 130. The van der Waals surface area contributed by atoms with E-state index in [-0.39, 0.29) is 0 Å². The summed E-state index contributed by atoms with van der Waals surface area (Å²) in [7, 11) is 0. The molecule has 3 heteroatoms. The van der Waals surface area contributed by atoms with Gasteiger partial charge in [0.05, 0.1) is 6.61 Å². The number of rotatable bonds is 6. The van der Waals surface area contributed by atoms with Crippen molar-refractivity contribution in [1.82, 2.24) is 4.90 Å². The topological polar surface area (TPSA) is 43.7 Å². The molecule has 0 spiro atoms. The van der Waals surface area contributed by atoms with E-state index in [4.69, 9.17) is 10.2 Å². The minimum Gasteiger partial charge on any atom is -0.396 e. The van der Waals surface area contributed by atoms with Crippen molar-refractivity contribution in [3.8, 4) is 0 Å². The lowest BCUT2D eigenvalue weighted by Crippen LogP contribution is -2.32. The molecule has 0 amide bonds. The molecule has 1 saturated heterocycles. The molecule has 0 radical (unpaired) electrons. The fourth-order valence-electron chi connectivity index (χ4n) is 2.00. The van der Waals surface area contributed by atoms with E-state index in [0.717, 1.165) is 38.8 Å². The molecule has 13 heavy (non-hydrogen) atoms. The maximum Gasteiger partial charge on any atom is 0.0586 e. The van der Waals surface area contributed by atoms with Gasteiger partial charge in [-0.15, -0.1) is 0 Å². The van der Waals surface area contributed by atoms with Gasteiger partial charge in [0.15, 0.2) is 0 Å². The zero-order chi connectivity index (χ0) is 9.52. The number of aliphatic hydroxyl groups excluding tert-OH is 2. The zero-order valence-electron chi connectivity index (χ0n) is 8.28. The van der Waals surface area contributed by atoms with Gasteiger partial charge in [-0.05, 0) is 45.2 Å². The minimum atomic E-state index is 0.306. The highest BCUT2D eigenvalue weighted by atomic mass is 16.3. The van der Waals surface area contributed by atoms with Crippen LogP contribution >= 0.6 is 0 Å². The van der Waals surface area contributed by atoms with Crippen LogP contribution in [0.2, 0.25) is 0 Å². The van der Waals surface area contributed by atoms with Crippen molar-refractivity contribution in [2.24, 2.45) is 0 Å². The van der Waals surface area contributed by atoms with Crippen molar-refractivity contribution in [2.75, 3.05) is 26.3 Å². The second kappa shape index (κ2) is 6.35. The van der Waals surface area contributed by atoms with Crippen molar-refractivity contribution in [3.05, 3.63) is 0 Å². The molecular weight excluding hydrogens is 166 g/mol. The molecule has 0 aromatic heterocycles. The molecule has 0 aliphatic carbocycles. The van der Waals surface area contributed by atoms with E-state index in [9.17, 15) is 0 Å². The second-order valence-corrected chi connectivity index (χ2v) is 3.80. The van der Waals surface area contributed by atoms with Crippen molar-refractivity contribution < 1.29 is 10.2 Å². The van der Waals surface area contributed by atoms with E-state index >= 15 is 0 Å². The van der Waals surface area contributed by atoms with Gasteiger partial charge in [-0.25, -0.2) is 0 Å². The van der Waals surface area contributed by atoms with Crippen molar-refractivity contribution in [1.29, 1.82) is 0 Å². The predicted molar refractivity (Wildman–Crippen MR) is 52.6 cm³/mol. The van der Waals surface area contributed by atoms with Crippen molar-refractivity contribution >= 4 is 0 Å². The van der Waals surface area contributed by atoms with E-state index in [2.05, 4.69) is 4.90 Å².